The van der Waals surface area contributed by atoms with E-state index in [2.05, 4.69) is 9.47 Å². The van der Waals surface area contributed by atoms with Crippen molar-refractivity contribution in [2.45, 2.75) is 0 Å². The predicted molar refractivity (Wildman–Crippen MR) is 72.4 cm³/mol. The number of ether oxygens (including phenoxy) is 4. The van der Waals surface area contributed by atoms with Gasteiger partial charge in [-0.3, -0.25) is 4.79 Å². The summed E-state index contributed by atoms with van der Waals surface area (Å²) in [4.78, 5) is 32.9. The van der Waals surface area contributed by atoms with Gasteiger partial charge in [-0.05, 0) is 35.4 Å². The largest absolute Gasteiger partial charge is 0.513 e. The lowest BCUT2D eigenvalue weighted by Crippen LogP contribution is -2.12. The summed E-state index contributed by atoms with van der Waals surface area (Å²) >= 11 is 5.18. The maximum absolute atomic E-state index is 11.2. The lowest BCUT2D eigenvalue weighted by Gasteiger charge is -2.09. The van der Waals surface area contributed by atoms with Crippen molar-refractivity contribution in [3.8, 4) is 11.5 Å². The molecule has 0 saturated heterocycles. The fourth-order valence-electron chi connectivity index (χ4n) is 1.22. The van der Waals surface area contributed by atoms with Crippen LogP contribution in [0.4, 0.5) is 9.59 Å². The molecule has 0 fully saturated rings. The third-order valence-electron chi connectivity index (χ3n) is 2.09. The van der Waals surface area contributed by atoms with Crippen molar-refractivity contribution in [2.75, 3.05) is 14.2 Å². The van der Waals surface area contributed by atoms with Crippen LogP contribution in [0.15, 0.2) is 24.3 Å². The van der Waals surface area contributed by atoms with Crippen molar-refractivity contribution >= 4 is 35.2 Å². The van der Waals surface area contributed by atoms with Gasteiger partial charge in [0.05, 0.1) is 14.2 Å². The van der Waals surface area contributed by atoms with Gasteiger partial charge in [-0.15, -0.1) is 0 Å². The molecule has 0 aliphatic rings. The molecule has 0 unspecified atom stereocenters. The standard InChI is InChI=1S/C13H11ClO7/c1-18-12(16)20-9-5-3-8(4-6-11(14)15)7-10(9)21-13(17)19-2/h3-7H,1-2H3. The van der Waals surface area contributed by atoms with Crippen molar-refractivity contribution in [3.63, 3.8) is 0 Å². The smallest absolute Gasteiger partial charge is 0.437 e. The summed E-state index contributed by atoms with van der Waals surface area (Å²) < 4.78 is 18.3. The van der Waals surface area contributed by atoms with Gasteiger partial charge < -0.3 is 18.9 Å². The molecule has 0 heterocycles. The van der Waals surface area contributed by atoms with E-state index in [0.29, 0.717) is 5.56 Å². The molecule has 1 aromatic carbocycles. The first-order valence-corrected chi connectivity index (χ1v) is 5.87. The second kappa shape index (κ2) is 7.91. The van der Waals surface area contributed by atoms with Crippen LogP contribution in [-0.4, -0.2) is 31.8 Å². The summed E-state index contributed by atoms with van der Waals surface area (Å²) in [7, 11) is 2.26. The molecular weight excluding hydrogens is 304 g/mol. The molecule has 21 heavy (non-hydrogen) atoms. The molecule has 0 saturated carbocycles. The minimum atomic E-state index is -1.00. The normalized spacial score (nSPS) is 10.0. The summed E-state index contributed by atoms with van der Waals surface area (Å²) in [5.74, 6) is -0.141. The highest BCUT2D eigenvalue weighted by molar-refractivity contribution is 6.66. The Hall–Kier alpha value is -2.54. The number of hydrogen-bond donors (Lipinski definition) is 0. The van der Waals surface area contributed by atoms with Crippen molar-refractivity contribution < 1.29 is 33.3 Å². The fraction of sp³-hybridized carbons (Fsp3) is 0.154. The van der Waals surface area contributed by atoms with E-state index in [1.807, 2.05) is 0 Å². The van der Waals surface area contributed by atoms with Gasteiger partial charge in [0.1, 0.15) is 0 Å². The first-order valence-electron chi connectivity index (χ1n) is 5.49. The van der Waals surface area contributed by atoms with Gasteiger partial charge in [-0.1, -0.05) is 12.1 Å². The summed E-state index contributed by atoms with van der Waals surface area (Å²) in [6.07, 6.45) is 0.518. The zero-order valence-electron chi connectivity index (χ0n) is 11.1. The lowest BCUT2D eigenvalue weighted by atomic mass is 10.2. The quantitative estimate of drug-likeness (QED) is 0.365. The van der Waals surface area contributed by atoms with Crippen LogP contribution in [0.3, 0.4) is 0 Å². The average molecular weight is 315 g/mol. The van der Waals surface area contributed by atoms with Gasteiger partial charge in [0.2, 0.25) is 5.24 Å². The maximum atomic E-state index is 11.2. The molecule has 0 aromatic heterocycles. The van der Waals surface area contributed by atoms with Gasteiger partial charge in [0, 0.05) is 0 Å². The molecule has 1 aromatic rings. The molecule has 1 rings (SSSR count). The number of methoxy groups -OCH3 is 2. The van der Waals surface area contributed by atoms with Crippen LogP contribution in [0.5, 0.6) is 11.5 Å². The minimum Gasteiger partial charge on any atom is -0.437 e. The Labute approximate surface area is 125 Å². The number of hydrogen-bond acceptors (Lipinski definition) is 7. The first-order chi connectivity index (χ1) is 9.96. The van der Waals surface area contributed by atoms with Crippen LogP contribution in [0.1, 0.15) is 5.56 Å². The van der Waals surface area contributed by atoms with Crippen molar-refractivity contribution in [1.82, 2.24) is 0 Å². The lowest BCUT2D eigenvalue weighted by molar-refractivity contribution is -0.107. The van der Waals surface area contributed by atoms with Gasteiger partial charge in [-0.2, -0.15) is 0 Å². The Morgan fingerprint density at radius 3 is 2.10 bits per heavy atom. The Kier molecular flexibility index (Phi) is 6.22. The monoisotopic (exact) mass is 314 g/mol. The zero-order chi connectivity index (χ0) is 15.8. The minimum absolute atomic E-state index is 0.0541. The molecule has 0 spiro atoms. The Bertz CT molecular complexity index is 580. The molecule has 7 nitrogen and oxygen atoms in total. The van der Waals surface area contributed by atoms with E-state index in [-0.39, 0.29) is 11.5 Å². The second-order valence-electron chi connectivity index (χ2n) is 3.46. The van der Waals surface area contributed by atoms with Crippen molar-refractivity contribution in [1.29, 1.82) is 0 Å². The van der Waals surface area contributed by atoms with E-state index >= 15 is 0 Å². The van der Waals surface area contributed by atoms with E-state index in [1.165, 1.54) is 24.3 Å². The first kappa shape index (κ1) is 16.5. The van der Waals surface area contributed by atoms with E-state index in [9.17, 15) is 14.4 Å². The topological polar surface area (TPSA) is 88.1 Å². The molecule has 0 aliphatic carbocycles. The molecule has 0 bridgehead atoms. The van der Waals surface area contributed by atoms with Gasteiger partial charge in [0.25, 0.3) is 0 Å². The molecule has 0 radical (unpaired) electrons. The average Bonchev–Trinajstić information content (AvgIpc) is 2.46. The Morgan fingerprint density at radius 1 is 1.00 bits per heavy atom. The van der Waals surface area contributed by atoms with E-state index in [1.54, 1.807) is 0 Å². The SMILES string of the molecule is COC(=O)Oc1ccc(C=CC(=O)Cl)cc1OC(=O)OC. The van der Waals surface area contributed by atoms with E-state index in [4.69, 9.17) is 21.1 Å². The summed E-state index contributed by atoms with van der Waals surface area (Å²) in [6.45, 7) is 0. The summed E-state index contributed by atoms with van der Waals surface area (Å²) in [5, 5.41) is -0.666. The highest BCUT2D eigenvalue weighted by Gasteiger charge is 2.14. The third-order valence-corrected chi connectivity index (χ3v) is 2.22. The van der Waals surface area contributed by atoms with E-state index < -0.39 is 17.6 Å². The van der Waals surface area contributed by atoms with Gasteiger partial charge >= 0.3 is 12.3 Å². The van der Waals surface area contributed by atoms with Gasteiger partial charge in [0.15, 0.2) is 11.5 Å². The predicted octanol–water partition coefficient (Wildman–Crippen LogP) is 2.76. The number of carbonyl (C=O) groups excluding carboxylic acids is 3. The second-order valence-corrected chi connectivity index (χ2v) is 3.83. The molecule has 0 amide bonds. The van der Waals surface area contributed by atoms with Crippen LogP contribution < -0.4 is 9.47 Å². The third kappa shape index (κ3) is 5.53. The molecular formula is C13H11ClO7. The number of carbonyl (C=O) groups is 3. The summed E-state index contributed by atoms with van der Waals surface area (Å²) in [5.41, 5.74) is 0.486. The highest BCUT2D eigenvalue weighted by atomic mass is 35.5. The fourth-order valence-corrected chi connectivity index (χ4v) is 1.28. The van der Waals surface area contributed by atoms with Crippen LogP contribution in [-0.2, 0) is 14.3 Å². The van der Waals surface area contributed by atoms with Crippen LogP contribution in [0.25, 0.3) is 6.08 Å². The van der Waals surface area contributed by atoms with Crippen LogP contribution in [0, 0.1) is 0 Å². The Morgan fingerprint density at radius 2 is 1.57 bits per heavy atom. The van der Waals surface area contributed by atoms with Crippen molar-refractivity contribution in [3.05, 3.63) is 29.8 Å². The molecule has 8 heteroatoms. The highest BCUT2D eigenvalue weighted by Crippen LogP contribution is 2.29. The van der Waals surface area contributed by atoms with Crippen LogP contribution in [0.2, 0.25) is 0 Å². The Balaban J connectivity index is 3.09. The number of halogens is 1. The van der Waals surface area contributed by atoms with Crippen LogP contribution >= 0.6 is 11.6 Å². The molecule has 0 N–H and O–H groups in total. The van der Waals surface area contributed by atoms with Gasteiger partial charge in [-0.25, -0.2) is 9.59 Å². The summed E-state index contributed by atoms with van der Waals surface area (Å²) in [6, 6.07) is 4.22. The number of benzene rings is 1. The molecule has 0 atom stereocenters. The number of allylic oxidation sites excluding steroid dienone is 1. The zero-order valence-corrected chi connectivity index (χ0v) is 11.9. The van der Waals surface area contributed by atoms with E-state index in [0.717, 1.165) is 20.3 Å². The van der Waals surface area contributed by atoms with Crippen molar-refractivity contribution in [2.24, 2.45) is 0 Å². The maximum Gasteiger partial charge on any atom is 0.513 e. The molecule has 112 valence electrons. The molecule has 0 aliphatic heterocycles. The number of rotatable bonds is 4.